The van der Waals surface area contributed by atoms with Crippen molar-refractivity contribution < 1.29 is 10.2 Å². The van der Waals surface area contributed by atoms with Crippen LogP contribution >= 0.6 is 11.6 Å². The second kappa shape index (κ2) is 5.88. The van der Waals surface area contributed by atoms with E-state index in [-0.39, 0.29) is 25.3 Å². The van der Waals surface area contributed by atoms with Gasteiger partial charge in [-0.05, 0) is 25.1 Å². The van der Waals surface area contributed by atoms with Crippen LogP contribution in [0.3, 0.4) is 0 Å². The molecule has 1 atom stereocenters. The Morgan fingerprint density at radius 2 is 2.25 bits per heavy atom. The summed E-state index contributed by atoms with van der Waals surface area (Å²) in [5.41, 5.74) is -0.926. The number of nitrogens with zero attached hydrogens (tertiary/aromatic N) is 1. The van der Waals surface area contributed by atoms with Gasteiger partial charge in [-0.2, -0.15) is 0 Å². The normalized spacial score (nSPS) is 14.4. The minimum atomic E-state index is -1.21. The van der Waals surface area contributed by atoms with Gasteiger partial charge in [0.1, 0.15) is 5.82 Å². The summed E-state index contributed by atoms with van der Waals surface area (Å²) in [5.74, 6) is 0.443. The molecule has 0 radical (unpaired) electrons. The van der Waals surface area contributed by atoms with Crippen LogP contribution < -0.4 is 10.9 Å². The highest BCUT2D eigenvalue weighted by Gasteiger charge is 2.18. The Kier molecular flexibility index (Phi) is 4.39. The molecule has 20 heavy (non-hydrogen) atoms. The number of aliphatic hydroxyl groups is 2. The van der Waals surface area contributed by atoms with Gasteiger partial charge in [-0.1, -0.05) is 11.6 Å². The standard InChI is InChI=1S/C13H16ClN3O3/c1-13(20,7-18)6-15-5-11-16-10-4-8(14)2-3-9(10)12(19)17-11/h2-4,15,18,20H,5-7H2,1H3,(H,16,17,19). The number of rotatable bonds is 5. The Bertz CT molecular complexity index is 669. The molecule has 108 valence electrons. The Morgan fingerprint density at radius 3 is 2.95 bits per heavy atom. The summed E-state index contributed by atoms with van der Waals surface area (Å²) in [6.07, 6.45) is 0. The number of fused-ring (bicyclic) bond motifs is 1. The lowest BCUT2D eigenvalue weighted by atomic mass is 10.1. The third kappa shape index (κ3) is 3.55. The third-order valence-electron chi connectivity index (χ3n) is 2.86. The first kappa shape index (κ1) is 14.9. The van der Waals surface area contributed by atoms with Crippen molar-refractivity contribution in [2.75, 3.05) is 13.2 Å². The van der Waals surface area contributed by atoms with Gasteiger partial charge < -0.3 is 20.5 Å². The molecule has 0 saturated carbocycles. The lowest BCUT2D eigenvalue weighted by Gasteiger charge is -2.20. The van der Waals surface area contributed by atoms with Crippen molar-refractivity contribution in [2.24, 2.45) is 0 Å². The average Bonchev–Trinajstić information content (AvgIpc) is 2.38. The number of H-pyrrole nitrogens is 1. The maximum absolute atomic E-state index is 11.9. The quantitative estimate of drug-likeness (QED) is 0.641. The van der Waals surface area contributed by atoms with Crippen molar-refractivity contribution in [3.63, 3.8) is 0 Å². The second-order valence-electron chi connectivity index (χ2n) is 4.93. The summed E-state index contributed by atoms with van der Waals surface area (Å²) in [5, 5.41) is 22.5. The van der Waals surface area contributed by atoms with E-state index in [0.717, 1.165) is 0 Å². The van der Waals surface area contributed by atoms with Gasteiger partial charge in [0.2, 0.25) is 0 Å². The summed E-state index contributed by atoms with van der Waals surface area (Å²) in [6, 6.07) is 4.88. The summed E-state index contributed by atoms with van der Waals surface area (Å²) in [4.78, 5) is 18.8. The zero-order valence-corrected chi connectivity index (χ0v) is 11.7. The van der Waals surface area contributed by atoms with Gasteiger partial charge in [0.25, 0.3) is 5.56 Å². The van der Waals surface area contributed by atoms with E-state index in [0.29, 0.717) is 21.7 Å². The topological polar surface area (TPSA) is 98.2 Å². The van der Waals surface area contributed by atoms with Gasteiger partial charge in [0, 0.05) is 11.6 Å². The zero-order valence-electron chi connectivity index (χ0n) is 11.0. The van der Waals surface area contributed by atoms with E-state index in [9.17, 15) is 9.90 Å². The molecule has 7 heteroatoms. The summed E-state index contributed by atoms with van der Waals surface area (Å²) in [7, 11) is 0. The molecule has 1 unspecified atom stereocenters. The molecule has 0 aliphatic rings. The van der Waals surface area contributed by atoms with Crippen LogP contribution in [0.25, 0.3) is 10.9 Å². The molecule has 4 N–H and O–H groups in total. The number of aliphatic hydroxyl groups excluding tert-OH is 1. The highest BCUT2D eigenvalue weighted by atomic mass is 35.5. The highest BCUT2D eigenvalue weighted by molar-refractivity contribution is 6.31. The number of nitrogens with one attached hydrogen (secondary N) is 2. The minimum absolute atomic E-state index is 0.181. The van der Waals surface area contributed by atoms with Crippen LogP contribution in [0.5, 0.6) is 0 Å². The molecule has 0 bridgehead atoms. The van der Waals surface area contributed by atoms with E-state index in [1.165, 1.54) is 6.92 Å². The summed E-state index contributed by atoms with van der Waals surface area (Å²) < 4.78 is 0. The minimum Gasteiger partial charge on any atom is -0.393 e. The molecule has 0 fully saturated rings. The zero-order chi connectivity index (χ0) is 14.8. The average molecular weight is 298 g/mol. The molecule has 0 saturated heterocycles. The maximum Gasteiger partial charge on any atom is 0.258 e. The van der Waals surface area contributed by atoms with Crippen molar-refractivity contribution in [2.45, 2.75) is 19.1 Å². The molecular weight excluding hydrogens is 282 g/mol. The second-order valence-corrected chi connectivity index (χ2v) is 5.37. The van der Waals surface area contributed by atoms with Crippen LogP contribution in [-0.2, 0) is 6.54 Å². The van der Waals surface area contributed by atoms with Crippen LogP contribution in [0.4, 0.5) is 0 Å². The Hall–Kier alpha value is -1.47. The van der Waals surface area contributed by atoms with Gasteiger partial charge >= 0.3 is 0 Å². The molecule has 0 aliphatic heterocycles. The first-order chi connectivity index (χ1) is 9.41. The number of aromatic nitrogens is 2. The van der Waals surface area contributed by atoms with Crippen LogP contribution in [0, 0.1) is 0 Å². The predicted octanol–water partition coefficient (Wildman–Crippen LogP) is 0.409. The third-order valence-corrected chi connectivity index (χ3v) is 3.09. The lowest BCUT2D eigenvalue weighted by molar-refractivity contribution is 0.00243. The van der Waals surface area contributed by atoms with Crippen molar-refractivity contribution in [1.82, 2.24) is 15.3 Å². The molecule has 2 aromatic rings. The van der Waals surface area contributed by atoms with Crippen molar-refractivity contribution in [3.05, 3.63) is 39.4 Å². The van der Waals surface area contributed by atoms with Crippen molar-refractivity contribution in [3.8, 4) is 0 Å². The highest BCUT2D eigenvalue weighted by Crippen LogP contribution is 2.14. The maximum atomic E-state index is 11.9. The molecule has 6 nitrogen and oxygen atoms in total. The van der Waals surface area contributed by atoms with Gasteiger partial charge in [0.05, 0.1) is 29.7 Å². The van der Waals surface area contributed by atoms with Crippen LogP contribution in [0.15, 0.2) is 23.0 Å². The fraction of sp³-hybridized carbons (Fsp3) is 0.385. The number of halogens is 1. The largest absolute Gasteiger partial charge is 0.393 e. The van der Waals surface area contributed by atoms with E-state index in [4.69, 9.17) is 16.7 Å². The molecule has 1 aromatic carbocycles. The Labute approximate surface area is 120 Å². The van der Waals surface area contributed by atoms with Crippen LogP contribution in [-0.4, -0.2) is 38.9 Å². The molecule has 2 rings (SSSR count). The first-order valence-electron chi connectivity index (χ1n) is 6.14. The SMILES string of the molecule is CC(O)(CO)CNCc1nc2cc(Cl)ccc2c(=O)[nH]1. The van der Waals surface area contributed by atoms with E-state index in [1.807, 2.05) is 0 Å². The molecule has 1 heterocycles. The predicted molar refractivity (Wildman–Crippen MR) is 76.8 cm³/mol. The number of hydrogen-bond donors (Lipinski definition) is 4. The van der Waals surface area contributed by atoms with Crippen molar-refractivity contribution in [1.29, 1.82) is 0 Å². The molecule has 0 aliphatic carbocycles. The van der Waals surface area contributed by atoms with E-state index < -0.39 is 5.60 Å². The summed E-state index contributed by atoms with van der Waals surface area (Å²) >= 11 is 5.88. The van der Waals surface area contributed by atoms with E-state index in [2.05, 4.69) is 15.3 Å². The number of benzene rings is 1. The van der Waals surface area contributed by atoms with Crippen molar-refractivity contribution >= 4 is 22.5 Å². The molecule has 0 spiro atoms. The van der Waals surface area contributed by atoms with E-state index in [1.54, 1.807) is 18.2 Å². The van der Waals surface area contributed by atoms with Gasteiger partial charge in [-0.25, -0.2) is 4.98 Å². The molecular formula is C13H16ClN3O3. The lowest BCUT2D eigenvalue weighted by Crippen LogP contribution is -2.41. The van der Waals surface area contributed by atoms with Gasteiger partial charge in [-0.3, -0.25) is 4.79 Å². The monoisotopic (exact) mass is 297 g/mol. The van der Waals surface area contributed by atoms with Gasteiger partial charge in [0.15, 0.2) is 0 Å². The van der Waals surface area contributed by atoms with Crippen LogP contribution in [0.1, 0.15) is 12.7 Å². The Morgan fingerprint density at radius 1 is 1.50 bits per heavy atom. The molecule has 0 amide bonds. The first-order valence-corrected chi connectivity index (χ1v) is 6.51. The smallest absolute Gasteiger partial charge is 0.258 e. The number of aromatic amines is 1. The molecule has 1 aromatic heterocycles. The Balaban J connectivity index is 2.17. The summed E-state index contributed by atoms with van der Waals surface area (Å²) in [6.45, 7) is 1.61. The fourth-order valence-electron chi connectivity index (χ4n) is 1.75. The van der Waals surface area contributed by atoms with E-state index >= 15 is 0 Å². The van der Waals surface area contributed by atoms with Gasteiger partial charge in [-0.15, -0.1) is 0 Å². The fourth-order valence-corrected chi connectivity index (χ4v) is 1.92. The number of hydrogen-bond acceptors (Lipinski definition) is 5. The van der Waals surface area contributed by atoms with Crippen LogP contribution in [0.2, 0.25) is 5.02 Å².